The van der Waals surface area contributed by atoms with Crippen molar-refractivity contribution in [2.24, 2.45) is 11.1 Å². The molecule has 3 atom stereocenters. The number of nitrogens with one attached hydrogen (secondary N) is 2. The number of thiazole rings is 1. The summed E-state index contributed by atoms with van der Waals surface area (Å²) in [4.78, 5) is 78.7. The molecule has 1 saturated carbocycles. The van der Waals surface area contributed by atoms with Gasteiger partial charge in [-0.25, -0.2) is 14.6 Å². The van der Waals surface area contributed by atoms with Gasteiger partial charge in [-0.2, -0.15) is 0 Å². The van der Waals surface area contributed by atoms with Gasteiger partial charge in [0.15, 0.2) is 10.8 Å². The Bertz CT molecular complexity index is 1610. The van der Waals surface area contributed by atoms with Gasteiger partial charge in [0.2, 0.25) is 0 Å². The minimum Gasteiger partial charge on any atom is -0.477 e. The molecular formula is C32H39N7O8S2. The largest absolute Gasteiger partial charge is 0.477 e. The van der Waals surface area contributed by atoms with Crippen LogP contribution in [0, 0.1) is 5.92 Å². The van der Waals surface area contributed by atoms with E-state index in [9.17, 15) is 29.1 Å². The summed E-state index contributed by atoms with van der Waals surface area (Å²) in [7, 11) is 0. The van der Waals surface area contributed by atoms with Gasteiger partial charge in [0.1, 0.15) is 41.6 Å². The van der Waals surface area contributed by atoms with Crippen LogP contribution in [0.25, 0.3) is 0 Å². The van der Waals surface area contributed by atoms with Crippen molar-refractivity contribution in [3.8, 4) is 0 Å². The maximum Gasteiger partial charge on any atom is 0.352 e. The van der Waals surface area contributed by atoms with Gasteiger partial charge in [-0.05, 0) is 75.6 Å². The van der Waals surface area contributed by atoms with Gasteiger partial charge in [-0.15, -0.1) is 23.1 Å². The summed E-state index contributed by atoms with van der Waals surface area (Å²) in [6.07, 6.45) is 8.25. The lowest BCUT2D eigenvalue weighted by Gasteiger charge is -2.49. The summed E-state index contributed by atoms with van der Waals surface area (Å²) in [6.45, 7) is 5.36. The van der Waals surface area contributed by atoms with Gasteiger partial charge in [0, 0.05) is 23.3 Å². The van der Waals surface area contributed by atoms with Gasteiger partial charge in [0.25, 0.3) is 17.7 Å². The Hall–Kier alpha value is -4.22. The van der Waals surface area contributed by atoms with E-state index in [0.717, 1.165) is 55.0 Å². The van der Waals surface area contributed by atoms with E-state index < -0.39 is 41.2 Å². The van der Waals surface area contributed by atoms with Crippen molar-refractivity contribution in [1.82, 2.24) is 25.4 Å². The van der Waals surface area contributed by atoms with E-state index in [1.807, 2.05) is 0 Å². The zero-order valence-corrected chi connectivity index (χ0v) is 28.4. The Balaban J connectivity index is 1.18. The molecule has 0 radical (unpaired) electrons. The minimum absolute atomic E-state index is 0.0332. The number of piperidine rings is 1. The van der Waals surface area contributed by atoms with E-state index in [1.54, 1.807) is 5.38 Å². The fraction of sp³-hybridized carbons (Fsp3) is 0.531. The number of β-lactam (4-membered cyclic amide) rings is 1. The normalized spacial score (nSPS) is 24.9. The second-order valence-corrected chi connectivity index (χ2v) is 14.4. The number of anilines is 1. The number of nitrogens with zero attached hydrogens (tertiary/aromatic N) is 4. The van der Waals surface area contributed by atoms with Crippen molar-refractivity contribution in [2.45, 2.75) is 68.5 Å². The highest BCUT2D eigenvalue weighted by atomic mass is 32.2. The number of hydrogen-bond donors (Lipinski definition) is 4. The molecule has 1 aromatic heterocycles. The lowest BCUT2D eigenvalue weighted by atomic mass is 9.89. The van der Waals surface area contributed by atoms with E-state index in [0.29, 0.717) is 30.4 Å². The summed E-state index contributed by atoms with van der Waals surface area (Å²) < 4.78 is 5.38. The number of likely N-dealkylation sites (tertiary alicyclic amines) is 1. The Labute approximate surface area is 291 Å². The molecule has 1 aliphatic carbocycles. The number of aliphatic carboxylic acids is 1. The number of nitrogens with two attached hydrogens (primary N) is 1. The van der Waals surface area contributed by atoms with Crippen LogP contribution in [0.15, 0.2) is 46.1 Å². The first kappa shape index (κ1) is 34.6. The standard InChI is InChI=1S/C32H39N7O8S2/c1-2-13-46-31(45)25(17-7-10-34-11-8-17)38-12-9-18(27(38)41)14-19-15-48-29-23(28(42)39(29)24(19)30(43)44)36-26(40)22(21-16-49-32(33)35-21)37-47-20-5-3-4-6-20/h2,14,16-17,20,23,25,29,34H,1,3-13,15H2,(H2,33,35)(H,36,40)(H,43,44). The molecule has 6 rings (SSSR count). The van der Waals surface area contributed by atoms with Crippen molar-refractivity contribution >= 4 is 63.6 Å². The zero-order valence-electron chi connectivity index (χ0n) is 26.8. The molecule has 1 aromatic rings. The van der Waals surface area contributed by atoms with Crippen LogP contribution in [-0.2, 0) is 33.5 Å². The smallest absolute Gasteiger partial charge is 0.352 e. The van der Waals surface area contributed by atoms with Gasteiger partial charge in [0.05, 0.1) is 0 Å². The lowest BCUT2D eigenvalue weighted by Crippen LogP contribution is -2.71. The highest BCUT2D eigenvalue weighted by Crippen LogP contribution is 2.41. The molecule has 4 fully saturated rings. The molecule has 3 unspecified atom stereocenters. The Kier molecular flexibility index (Phi) is 10.7. The highest BCUT2D eigenvalue weighted by molar-refractivity contribution is 8.00. The summed E-state index contributed by atoms with van der Waals surface area (Å²) in [5.74, 6) is -3.39. The van der Waals surface area contributed by atoms with Crippen LogP contribution in [0.3, 0.4) is 0 Å². The summed E-state index contributed by atoms with van der Waals surface area (Å²) >= 11 is 2.41. The lowest BCUT2D eigenvalue weighted by molar-refractivity contribution is -0.155. The third-order valence-electron chi connectivity index (χ3n) is 9.32. The first-order valence-corrected chi connectivity index (χ1v) is 18.3. The quantitative estimate of drug-likeness (QED) is 0.0606. The van der Waals surface area contributed by atoms with Gasteiger partial charge in [-0.3, -0.25) is 19.3 Å². The highest BCUT2D eigenvalue weighted by Gasteiger charge is 2.54. The number of carbonyl (C=O) groups is 5. The molecule has 3 amide bonds. The van der Waals surface area contributed by atoms with Crippen LogP contribution in [-0.4, -0.2) is 111 Å². The van der Waals surface area contributed by atoms with Crippen LogP contribution in [0.1, 0.15) is 50.6 Å². The molecule has 4 aliphatic heterocycles. The predicted octanol–water partition coefficient (Wildman–Crippen LogP) is 1.38. The number of allylic oxidation sites excluding steroid dienone is 1. The van der Waals surface area contributed by atoms with Crippen LogP contribution in [0.4, 0.5) is 5.13 Å². The molecular weight excluding hydrogens is 675 g/mol. The topological polar surface area (TPSA) is 206 Å². The summed E-state index contributed by atoms with van der Waals surface area (Å²) in [6, 6.07) is -1.79. The minimum atomic E-state index is -1.33. The Morgan fingerprint density at radius 2 is 1.98 bits per heavy atom. The third-order valence-corrected chi connectivity index (χ3v) is 11.3. The second kappa shape index (κ2) is 15.1. The maximum absolute atomic E-state index is 13.7. The number of thioether (sulfide) groups is 1. The number of carboxylic acids is 1. The maximum atomic E-state index is 13.7. The number of rotatable bonds is 12. The number of esters is 1. The van der Waals surface area contributed by atoms with Gasteiger partial charge >= 0.3 is 11.9 Å². The molecule has 17 heteroatoms. The first-order chi connectivity index (χ1) is 23.7. The molecule has 262 valence electrons. The van der Waals surface area contributed by atoms with Crippen molar-refractivity contribution in [1.29, 1.82) is 0 Å². The Morgan fingerprint density at radius 1 is 1.22 bits per heavy atom. The van der Waals surface area contributed by atoms with Crippen molar-refractivity contribution in [2.75, 3.05) is 37.7 Å². The Morgan fingerprint density at radius 3 is 2.65 bits per heavy atom. The van der Waals surface area contributed by atoms with E-state index in [2.05, 4.69) is 27.4 Å². The average molecular weight is 714 g/mol. The van der Waals surface area contributed by atoms with Crippen molar-refractivity contribution in [3.05, 3.63) is 46.6 Å². The fourth-order valence-corrected chi connectivity index (χ4v) is 8.74. The summed E-state index contributed by atoms with van der Waals surface area (Å²) in [5.41, 5.74) is 6.30. The number of carboxylic acid groups (broad SMARTS) is 1. The number of fused-ring (bicyclic) bond motifs is 1. The SMILES string of the molecule is C=CCOC(=O)C(C1CCNCC1)N1CCC(=CC2=C(C(=O)O)N3C(=O)C(NC(=O)C(=NOC4CCCC4)c4csc(N)n4)C3SC2)C1=O. The van der Waals surface area contributed by atoms with Gasteiger partial charge in [-0.1, -0.05) is 17.8 Å². The zero-order chi connectivity index (χ0) is 34.7. The monoisotopic (exact) mass is 713 g/mol. The molecule has 5 heterocycles. The molecule has 0 aromatic carbocycles. The molecule has 0 bridgehead atoms. The van der Waals surface area contributed by atoms with E-state index in [1.165, 1.54) is 28.8 Å². The van der Waals surface area contributed by atoms with Gasteiger partial charge < -0.3 is 35.9 Å². The number of nitrogen functional groups attached to an aromatic ring is 1. The number of hydrogen-bond acceptors (Lipinski definition) is 13. The van der Waals surface area contributed by atoms with Crippen molar-refractivity contribution < 1.29 is 38.7 Å². The predicted molar refractivity (Wildman–Crippen MR) is 181 cm³/mol. The van der Waals surface area contributed by atoms with Crippen LogP contribution in [0.5, 0.6) is 0 Å². The molecule has 3 saturated heterocycles. The molecule has 49 heavy (non-hydrogen) atoms. The molecule has 5 N–H and O–H groups in total. The van der Waals surface area contributed by atoms with Crippen LogP contribution >= 0.6 is 23.1 Å². The van der Waals surface area contributed by atoms with Crippen molar-refractivity contribution in [3.63, 3.8) is 0 Å². The number of amides is 3. The molecule has 0 spiro atoms. The number of ether oxygens (including phenoxy) is 1. The van der Waals surface area contributed by atoms with E-state index in [-0.39, 0.29) is 59.1 Å². The number of aromatic nitrogens is 1. The number of carbonyl (C=O) groups excluding carboxylic acids is 4. The van der Waals surface area contributed by atoms with E-state index in [4.69, 9.17) is 15.3 Å². The number of oxime groups is 1. The first-order valence-electron chi connectivity index (χ1n) is 16.3. The average Bonchev–Trinajstić information content (AvgIpc) is 3.86. The fourth-order valence-electron chi connectivity index (χ4n) is 6.89. The summed E-state index contributed by atoms with van der Waals surface area (Å²) in [5, 5.41) is 21.4. The van der Waals surface area contributed by atoms with Crippen LogP contribution in [0.2, 0.25) is 0 Å². The molecule has 5 aliphatic rings. The molecule has 15 nitrogen and oxygen atoms in total. The van der Waals surface area contributed by atoms with E-state index >= 15 is 0 Å². The third kappa shape index (κ3) is 7.23. The second-order valence-electron chi connectivity index (χ2n) is 12.4. The van der Waals surface area contributed by atoms with Crippen LogP contribution < -0.4 is 16.4 Å².